The molecule has 6 nitrogen and oxygen atoms in total. The van der Waals surface area contributed by atoms with Crippen molar-refractivity contribution >= 4 is 29.2 Å². The molecule has 0 aliphatic carbocycles. The molecule has 7 heteroatoms. The Kier molecular flexibility index (Phi) is 6.93. The minimum atomic E-state index is -0.338. The minimum Gasteiger partial charge on any atom is -0.361 e. The third-order valence-electron chi connectivity index (χ3n) is 6.28. The number of nitrogens with one attached hydrogen (secondary N) is 3. The van der Waals surface area contributed by atoms with E-state index in [0.29, 0.717) is 34.6 Å². The van der Waals surface area contributed by atoms with Gasteiger partial charge in [0.1, 0.15) is 5.82 Å². The van der Waals surface area contributed by atoms with E-state index >= 15 is 0 Å². The van der Waals surface area contributed by atoms with E-state index in [-0.39, 0.29) is 17.6 Å². The van der Waals surface area contributed by atoms with Gasteiger partial charge in [-0.2, -0.15) is 0 Å². The van der Waals surface area contributed by atoms with Gasteiger partial charge in [-0.3, -0.25) is 9.59 Å². The maximum absolute atomic E-state index is 13.9. The van der Waals surface area contributed by atoms with Crippen LogP contribution in [0.2, 0.25) is 0 Å². The zero-order valence-electron chi connectivity index (χ0n) is 19.7. The van der Waals surface area contributed by atoms with Crippen molar-refractivity contribution in [2.45, 2.75) is 20.8 Å². The molecule has 0 saturated heterocycles. The van der Waals surface area contributed by atoms with Crippen LogP contribution >= 0.6 is 0 Å². The number of halogens is 1. The van der Waals surface area contributed by atoms with Crippen LogP contribution in [-0.2, 0) is 4.79 Å². The Morgan fingerprint density at radius 2 is 1.91 bits per heavy atom. The van der Waals surface area contributed by atoms with Gasteiger partial charge in [0.2, 0.25) is 0 Å². The van der Waals surface area contributed by atoms with E-state index in [1.165, 1.54) is 12.1 Å². The fourth-order valence-corrected chi connectivity index (χ4v) is 4.29. The fourth-order valence-electron chi connectivity index (χ4n) is 4.29. The highest BCUT2D eigenvalue weighted by molar-refractivity contribution is 6.36. The molecule has 0 bridgehead atoms. The van der Waals surface area contributed by atoms with Crippen LogP contribution in [0.4, 0.5) is 10.1 Å². The standard InChI is InChI=1S/C27H29FN4O2/c1-4-32(5-2)13-12-29-26(33)22-16-30-24(17(22)3)15-21-25-20(18-8-6-9-19(28)14-18)10-7-11-23(25)31-27(21)34/h6-11,14-16,30H,4-5,12-13H2,1-3H3,(H,29,33)(H,31,34)/b21-15-. The molecule has 2 amide bonds. The molecule has 0 radical (unpaired) electrons. The summed E-state index contributed by atoms with van der Waals surface area (Å²) < 4.78 is 13.9. The Hall–Kier alpha value is -3.71. The Labute approximate surface area is 198 Å². The molecule has 34 heavy (non-hydrogen) atoms. The van der Waals surface area contributed by atoms with Crippen LogP contribution in [0.5, 0.6) is 0 Å². The van der Waals surface area contributed by atoms with Crippen molar-refractivity contribution in [3.05, 3.63) is 76.9 Å². The minimum absolute atomic E-state index is 0.151. The highest BCUT2D eigenvalue weighted by Crippen LogP contribution is 2.40. The van der Waals surface area contributed by atoms with E-state index < -0.39 is 0 Å². The number of aromatic amines is 1. The summed E-state index contributed by atoms with van der Waals surface area (Å²) in [7, 11) is 0. The summed E-state index contributed by atoms with van der Waals surface area (Å²) in [5, 5.41) is 5.86. The Bertz CT molecular complexity index is 1260. The predicted octanol–water partition coefficient (Wildman–Crippen LogP) is 4.69. The van der Waals surface area contributed by atoms with Gasteiger partial charge in [-0.25, -0.2) is 4.39 Å². The van der Waals surface area contributed by atoms with Crippen molar-refractivity contribution < 1.29 is 14.0 Å². The van der Waals surface area contributed by atoms with E-state index in [0.717, 1.165) is 36.3 Å². The summed E-state index contributed by atoms with van der Waals surface area (Å²) in [4.78, 5) is 30.9. The van der Waals surface area contributed by atoms with Crippen molar-refractivity contribution in [2.75, 3.05) is 31.5 Å². The Balaban J connectivity index is 1.63. The average molecular weight is 461 g/mol. The van der Waals surface area contributed by atoms with Gasteiger partial charge in [0.15, 0.2) is 0 Å². The molecule has 1 aliphatic heterocycles. The zero-order valence-corrected chi connectivity index (χ0v) is 19.7. The van der Waals surface area contributed by atoms with Crippen molar-refractivity contribution in [1.82, 2.24) is 15.2 Å². The number of carbonyl (C=O) groups excluding carboxylic acids is 2. The van der Waals surface area contributed by atoms with Crippen LogP contribution in [0.3, 0.4) is 0 Å². The largest absolute Gasteiger partial charge is 0.361 e. The Morgan fingerprint density at radius 3 is 2.65 bits per heavy atom. The highest BCUT2D eigenvalue weighted by atomic mass is 19.1. The summed E-state index contributed by atoms with van der Waals surface area (Å²) in [6.07, 6.45) is 3.42. The van der Waals surface area contributed by atoms with E-state index in [2.05, 4.69) is 34.4 Å². The second-order valence-electron chi connectivity index (χ2n) is 8.27. The summed E-state index contributed by atoms with van der Waals surface area (Å²) in [6.45, 7) is 9.28. The first-order valence-corrected chi connectivity index (χ1v) is 11.5. The van der Waals surface area contributed by atoms with E-state index in [9.17, 15) is 14.0 Å². The number of benzene rings is 2. The predicted molar refractivity (Wildman–Crippen MR) is 134 cm³/mol. The monoisotopic (exact) mass is 460 g/mol. The first-order valence-electron chi connectivity index (χ1n) is 11.5. The van der Waals surface area contributed by atoms with Crippen LogP contribution in [0, 0.1) is 12.7 Å². The number of likely N-dealkylation sites (N-methyl/N-ethyl adjacent to an activating group) is 1. The van der Waals surface area contributed by atoms with Gasteiger partial charge in [0.25, 0.3) is 11.8 Å². The highest BCUT2D eigenvalue weighted by Gasteiger charge is 2.28. The molecule has 3 aromatic rings. The number of aromatic nitrogens is 1. The lowest BCUT2D eigenvalue weighted by molar-refractivity contribution is -0.110. The van der Waals surface area contributed by atoms with Crippen molar-refractivity contribution in [3.63, 3.8) is 0 Å². The molecule has 0 spiro atoms. The fraction of sp³-hybridized carbons (Fsp3) is 0.259. The van der Waals surface area contributed by atoms with Gasteiger partial charge in [0, 0.05) is 36.2 Å². The molecule has 0 saturated carbocycles. The first kappa shape index (κ1) is 23.4. The van der Waals surface area contributed by atoms with Crippen LogP contribution in [0.15, 0.2) is 48.7 Å². The smallest absolute Gasteiger partial charge is 0.256 e. The second kappa shape index (κ2) is 10.1. The number of carbonyl (C=O) groups is 2. The number of anilines is 1. The summed E-state index contributed by atoms with van der Waals surface area (Å²) in [6, 6.07) is 11.9. The van der Waals surface area contributed by atoms with Crippen molar-refractivity contribution in [2.24, 2.45) is 0 Å². The van der Waals surface area contributed by atoms with E-state index in [1.54, 1.807) is 18.3 Å². The maximum Gasteiger partial charge on any atom is 0.256 e. The van der Waals surface area contributed by atoms with Crippen molar-refractivity contribution in [1.29, 1.82) is 0 Å². The van der Waals surface area contributed by atoms with Gasteiger partial charge < -0.3 is 20.5 Å². The number of amides is 2. The number of fused-ring (bicyclic) bond motifs is 1. The normalized spacial score (nSPS) is 13.9. The maximum atomic E-state index is 13.9. The number of rotatable bonds is 8. The quantitative estimate of drug-likeness (QED) is 0.427. The van der Waals surface area contributed by atoms with Gasteiger partial charge in [-0.1, -0.05) is 38.1 Å². The third kappa shape index (κ3) is 4.65. The molecule has 0 fully saturated rings. The number of hydrogen-bond donors (Lipinski definition) is 3. The van der Waals surface area contributed by atoms with Crippen LogP contribution in [0.25, 0.3) is 22.8 Å². The second-order valence-corrected chi connectivity index (χ2v) is 8.27. The molecule has 1 aromatic heterocycles. The van der Waals surface area contributed by atoms with Gasteiger partial charge >= 0.3 is 0 Å². The van der Waals surface area contributed by atoms with Gasteiger partial charge in [0.05, 0.1) is 11.1 Å². The molecular weight excluding hydrogens is 431 g/mol. The Morgan fingerprint density at radius 1 is 1.15 bits per heavy atom. The molecule has 4 rings (SSSR count). The lowest BCUT2D eigenvalue weighted by Crippen LogP contribution is -2.34. The van der Waals surface area contributed by atoms with Crippen molar-refractivity contribution in [3.8, 4) is 11.1 Å². The summed E-state index contributed by atoms with van der Waals surface area (Å²) >= 11 is 0. The zero-order chi connectivity index (χ0) is 24.2. The lowest BCUT2D eigenvalue weighted by Gasteiger charge is -2.17. The molecule has 2 heterocycles. The summed E-state index contributed by atoms with van der Waals surface area (Å²) in [5.74, 6) is -0.727. The molecular formula is C27H29FN4O2. The summed E-state index contributed by atoms with van der Waals surface area (Å²) in [5.41, 5.74) is 5.31. The van der Waals surface area contributed by atoms with E-state index in [1.807, 2.05) is 31.2 Å². The number of H-pyrrole nitrogens is 1. The van der Waals surface area contributed by atoms with Gasteiger partial charge in [-0.05, 0) is 61.0 Å². The lowest BCUT2D eigenvalue weighted by atomic mass is 9.94. The molecule has 2 aromatic carbocycles. The molecule has 0 unspecified atom stereocenters. The average Bonchev–Trinajstić information content (AvgIpc) is 3.36. The topological polar surface area (TPSA) is 77.2 Å². The van der Waals surface area contributed by atoms with Gasteiger partial charge in [-0.15, -0.1) is 0 Å². The number of nitrogens with zero attached hydrogens (tertiary/aromatic N) is 1. The third-order valence-corrected chi connectivity index (χ3v) is 6.28. The van der Waals surface area contributed by atoms with E-state index in [4.69, 9.17) is 0 Å². The van der Waals surface area contributed by atoms with Crippen LogP contribution in [0.1, 0.15) is 41.0 Å². The molecule has 0 atom stereocenters. The molecule has 176 valence electrons. The molecule has 1 aliphatic rings. The first-order chi connectivity index (χ1) is 16.4. The molecule has 3 N–H and O–H groups in total. The van der Waals surface area contributed by atoms with Crippen LogP contribution in [-0.4, -0.2) is 47.9 Å². The van der Waals surface area contributed by atoms with Crippen LogP contribution < -0.4 is 10.6 Å². The SMILES string of the molecule is CCN(CC)CCNC(=O)c1c[nH]c(/C=C2\C(=O)Nc3cccc(-c4cccc(F)c4)c32)c1C. The number of hydrogen-bond acceptors (Lipinski definition) is 3.